The lowest BCUT2D eigenvalue weighted by molar-refractivity contribution is -0.140. The van der Waals surface area contributed by atoms with Crippen molar-refractivity contribution in [3.8, 4) is 11.1 Å². The van der Waals surface area contributed by atoms with Crippen LogP contribution in [0.5, 0.6) is 0 Å². The molecule has 0 radical (unpaired) electrons. The van der Waals surface area contributed by atoms with Crippen LogP contribution in [0, 0.1) is 0 Å². The number of aromatic nitrogens is 1. The molecule has 0 saturated carbocycles. The molecule has 3 rings (SSSR count). The molecular weight excluding hydrogens is 288 g/mol. The van der Waals surface area contributed by atoms with Gasteiger partial charge in [-0.2, -0.15) is 0 Å². The topological polar surface area (TPSA) is 43.6 Å². The number of fused-ring (bicyclic) bond motifs is 1. The highest BCUT2D eigenvalue weighted by atomic mass is 16.7. The molecule has 1 aromatic heterocycles. The monoisotopic (exact) mass is 306 g/mol. The van der Waals surface area contributed by atoms with E-state index >= 15 is 0 Å². The van der Waals surface area contributed by atoms with Crippen LogP contribution in [0.15, 0.2) is 59.9 Å². The van der Waals surface area contributed by atoms with E-state index in [2.05, 4.69) is 35.5 Å². The van der Waals surface area contributed by atoms with Crippen molar-refractivity contribution in [2.45, 2.75) is 13.8 Å². The molecule has 1 heterocycles. The molecule has 0 bridgehead atoms. The van der Waals surface area contributed by atoms with E-state index in [0.29, 0.717) is 5.71 Å². The smallest absolute Gasteiger partial charge is 0.331 e. The Morgan fingerprint density at radius 2 is 1.78 bits per heavy atom. The van der Waals surface area contributed by atoms with Crippen LogP contribution in [0.4, 0.5) is 0 Å². The van der Waals surface area contributed by atoms with Gasteiger partial charge in [-0.25, -0.2) is 4.79 Å². The summed E-state index contributed by atoms with van der Waals surface area (Å²) in [6, 6.07) is 16.6. The molecule has 0 aliphatic carbocycles. The fourth-order valence-electron chi connectivity index (χ4n) is 2.67. The van der Waals surface area contributed by atoms with Crippen molar-refractivity contribution >= 4 is 22.6 Å². The van der Waals surface area contributed by atoms with E-state index in [-0.39, 0.29) is 0 Å². The zero-order valence-electron chi connectivity index (χ0n) is 13.4. The summed E-state index contributed by atoms with van der Waals surface area (Å²) in [7, 11) is 1.99. The van der Waals surface area contributed by atoms with Crippen molar-refractivity contribution in [1.82, 2.24) is 4.57 Å². The van der Waals surface area contributed by atoms with Crippen LogP contribution in [0.3, 0.4) is 0 Å². The van der Waals surface area contributed by atoms with Crippen LogP contribution in [-0.2, 0) is 16.7 Å². The first kappa shape index (κ1) is 15.0. The standard InChI is InChI=1S/C19H18N2O2/c1-13(20-23-14(2)22)18-12-21(3)19-10-9-16(11-17(18)19)15-7-5-4-6-8-15/h4-12H,1-3H3/b20-13+. The molecular formula is C19H18N2O2. The van der Waals surface area contributed by atoms with Gasteiger partial charge in [0.2, 0.25) is 0 Å². The second kappa shape index (κ2) is 6.08. The van der Waals surface area contributed by atoms with E-state index in [0.717, 1.165) is 22.0 Å². The van der Waals surface area contributed by atoms with E-state index in [1.807, 2.05) is 42.9 Å². The maximum absolute atomic E-state index is 11.0. The highest BCUT2D eigenvalue weighted by Gasteiger charge is 2.11. The molecule has 2 aromatic carbocycles. The SMILES string of the molecule is CC(=O)O/N=C(\C)c1cn(C)c2ccc(-c3ccccc3)cc12. The maximum atomic E-state index is 11.0. The van der Waals surface area contributed by atoms with Crippen molar-refractivity contribution in [2.24, 2.45) is 12.2 Å². The van der Waals surface area contributed by atoms with E-state index in [1.165, 1.54) is 12.5 Å². The molecule has 0 aliphatic heterocycles. The molecule has 0 spiro atoms. The van der Waals surface area contributed by atoms with Crippen LogP contribution >= 0.6 is 0 Å². The number of carbonyl (C=O) groups excluding carboxylic acids is 1. The fraction of sp³-hybridized carbons (Fsp3) is 0.158. The third-order valence-corrected chi connectivity index (χ3v) is 3.80. The minimum atomic E-state index is -0.422. The molecule has 0 saturated heterocycles. The van der Waals surface area contributed by atoms with Crippen LogP contribution in [0.2, 0.25) is 0 Å². The quantitative estimate of drug-likeness (QED) is 0.415. The molecule has 0 amide bonds. The molecule has 23 heavy (non-hydrogen) atoms. The largest absolute Gasteiger partial charge is 0.350 e. The normalized spacial score (nSPS) is 11.7. The summed E-state index contributed by atoms with van der Waals surface area (Å²) in [5, 5.41) is 5.00. The zero-order valence-corrected chi connectivity index (χ0v) is 13.4. The summed E-state index contributed by atoms with van der Waals surface area (Å²) in [4.78, 5) is 15.7. The van der Waals surface area contributed by atoms with E-state index < -0.39 is 5.97 Å². The van der Waals surface area contributed by atoms with Crippen LogP contribution in [-0.4, -0.2) is 16.2 Å². The lowest BCUT2D eigenvalue weighted by atomic mass is 10.0. The van der Waals surface area contributed by atoms with Gasteiger partial charge in [0.15, 0.2) is 0 Å². The third-order valence-electron chi connectivity index (χ3n) is 3.80. The van der Waals surface area contributed by atoms with Crippen LogP contribution in [0.1, 0.15) is 19.4 Å². The Morgan fingerprint density at radius 1 is 1.04 bits per heavy atom. The Hall–Kier alpha value is -2.88. The third kappa shape index (κ3) is 3.01. The van der Waals surface area contributed by atoms with Gasteiger partial charge in [-0.3, -0.25) is 0 Å². The lowest BCUT2D eigenvalue weighted by Gasteiger charge is -2.04. The summed E-state index contributed by atoms with van der Waals surface area (Å²) in [6.45, 7) is 3.18. The summed E-state index contributed by atoms with van der Waals surface area (Å²) in [5.41, 5.74) is 5.05. The van der Waals surface area contributed by atoms with Gasteiger partial charge in [-0.05, 0) is 30.2 Å². The molecule has 116 valence electrons. The van der Waals surface area contributed by atoms with Gasteiger partial charge in [0.25, 0.3) is 0 Å². The van der Waals surface area contributed by atoms with Gasteiger partial charge in [0, 0.05) is 36.6 Å². The molecule has 4 nitrogen and oxygen atoms in total. The number of carbonyl (C=O) groups is 1. The molecule has 3 aromatic rings. The lowest BCUT2D eigenvalue weighted by Crippen LogP contribution is -1.98. The first-order valence-corrected chi connectivity index (χ1v) is 7.43. The Balaban J connectivity index is 2.12. The number of nitrogens with zero attached hydrogens (tertiary/aromatic N) is 2. The van der Waals surface area contributed by atoms with Gasteiger partial charge >= 0.3 is 5.97 Å². The number of hydrogen-bond donors (Lipinski definition) is 0. The molecule has 0 N–H and O–H groups in total. The van der Waals surface area contributed by atoms with Gasteiger partial charge in [0.05, 0.1) is 5.71 Å². The summed E-state index contributed by atoms with van der Waals surface area (Å²) in [5.74, 6) is -0.422. The maximum Gasteiger partial charge on any atom is 0.331 e. The number of benzene rings is 2. The summed E-state index contributed by atoms with van der Waals surface area (Å²) >= 11 is 0. The van der Waals surface area contributed by atoms with E-state index in [9.17, 15) is 4.79 Å². The number of hydrogen-bond acceptors (Lipinski definition) is 3. The molecule has 0 fully saturated rings. The summed E-state index contributed by atoms with van der Waals surface area (Å²) in [6.07, 6.45) is 2.00. The van der Waals surface area contributed by atoms with Crippen molar-refractivity contribution in [3.63, 3.8) is 0 Å². The van der Waals surface area contributed by atoms with Gasteiger partial charge < -0.3 is 9.40 Å². The molecule has 0 unspecified atom stereocenters. The minimum Gasteiger partial charge on any atom is -0.350 e. The molecule has 0 aliphatic rings. The highest BCUT2D eigenvalue weighted by molar-refractivity contribution is 6.10. The minimum absolute atomic E-state index is 0.422. The zero-order chi connectivity index (χ0) is 16.4. The predicted molar refractivity (Wildman–Crippen MR) is 92.3 cm³/mol. The molecule has 4 heteroatoms. The average Bonchev–Trinajstić information content (AvgIpc) is 2.90. The first-order valence-electron chi connectivity index (χ1n) is 7.43. The number of oxime groups is 1. The number of rotatable bonds is 3. The Bertz CT molecular complexity index is 892. The first-order chi connectivity index (χ1) is 11.1. The van der Waals surface area contributed by atoms with Crippen molar-refractivity contribution in [2.75, 3.05) is 0 Å². The Labute approximate surface area is 135 Å². The fourth-order valence-corrected chi connectivity index (χ4v) is 2.67. The second-order valence-electron chi connectivity index (χ2n) is 5.51. The average molecular weight is 306 g/mol. The number of aryl methyl sites for hydroxylation is 1. The Kier molecular flexibility index (Phi) is 3.98. The van der Waals surface area contributed by atoms with Crippen molar-refractivity contribution in [1.29, 1.82) is 0 Å². The van der Waals surface area contributed by atoms with Crippen molar-refractivity contribution in [3.05, 3.63) is 60.3 Å². The Morgan fingerprint density at radius 3 is 2.48 bits per heavy atom. The highest BCUT2D eigenvalue weighted by Crippen LogP contribution is 2.28. The second-order valence-corrected chi connectivity index (χ2v) is 5.51. The van der Waals surface area contributed by atoms with E-state index in [4.69, 9.17) is 4.84 Å². The van der Waals surface area contributed by atoms with E-state index in [1.54, 1.807) is 0 Å². The van der Waals surface area contributed by atoms with Crippen molar-refractivity contribution < 1.29 is 9.63 Å². The van der Waals surface area contributed by atoms with Gasteiger partial charge in [0.1, 0.15) is 0 Å². The van der Waals surface area contributed by atoms with Crippen LogP contribution < -0.4 is 0 Å². The predicted octanol–water partition coefficient (Wildman–Crippen LogP) is 4.13. The van der Waals surface area contributed by atoms with Gasteiger partial charge in [-0.1, -0.05) is 41.6 Å². The summed E-state index contributed by atoms with van der Waals surface area (Å²) < 4.78 is 2.05. The van der Waals surface area contributed by atoms with Crippen LogP contribution in [0.25, 0.3) is 22.0 Å². The van der Waals surface area contributed by atoms with Gasteiger partial charge in [-0.15, -0.1) is 0 Å². The molecule has 0 atom stereocenters.